The molecule has 46 heavy (non-hydrogen) atoms. The van der Waals surface area contributed by atoms with E-state index in [1.165, 1.54) is 41.4 Å². The van der Waals surface area contributed by atoms with E-state index >= 15 is 0 Å². The molecule has 0 aliphatic carbocycles. The molecule has 0 spiro atoms. The largest absolute Gasteiger partial charge is 0.478 e. The molecule has 0 bridgehead atoms. The summed E-state index contributed by atoms with van der Waals surface area (Å²) in [6.45, 7) is 3.16. The number of ketones is 2. The van der Waals surface area contributed by atoms with Gasteiger partial charge in [-0.05, 0) is 69.1 Å². The first-order valence-electron chi connectivity index (χ1n) is 13.0. The summed E-state index contributed by atoms with van der Waals surface area (Å²) < 4.78 is 27.6. The van der Waals surface area contributed by atoms with Crippen LogP contribution in [-0.2, 0) is 17.7 Å². The molecule has 0 saturated carbocycles. The summed E-state index contributed by atoms with van der Waals surface area (Å²) in [5.41, 5.74) is 2.22. The molecule has 2 aromatic heterocycles. The fourth-order valence-electron chi connectivity index (χ4n) is 3.55. The first-order chi connectivity index (χ1) is 21.9. The van der Waals surface area contributed by atoms with Gasteiger partial charge in [-0.15, -0.1) is 0 Å². The van der Waals surface area contributed by atoms with Crippen LogP contribution >= 0.6 is 50.5 Å². The number of nitriles is 1. The van der Waals surface area contributed by atoms with Crippen molar-refractivity contribution in [3.63, 3.8) is 0 Å². The predicted octanol–water partition coefficient (Wildman–Crippen LogP) is 6.99. The highest BCUT2D eigenvalue weighted by atomic mass is 36.0. The summed E-state index contributed by atoms with van der Waals surface area (Å²) in [6, 6.07) is 16.6. The van der Waals surface area contributed by atoms with E-state index in [-0.39, 0.29) is 51.3 Å². The van der Waals surface area contributed by atoms with E-state index < -0.39 is 18.3 Å². The topological polar surface area (TPSA) is 185 Å². The summed E-state index contributed by atoms with van der Waals surface area (Å²) in [5, 5.41) is 21.3. The predicted molar refractivity (Wildman–Crippen MR) is 173 cm³/mol. The molecule has 0 atom stereocenters. The molecule has 2 heterocycles. The summed E-state index contributed by atoms with van der Waals surface area (Å²) >= 11 is 19.9. The number of carbonyl (C=O) groups is 4. The van der Waals surface area contributed by atoms with Crippen molar-refractivity contribution in [2.75, 3.05) is 7.15 Å². The van der Waals surface area contributed by atoms with Gasteiger partial charge in [0.2, 0.25) is 0 Å². The van der Waals surface area contributed by atoms with E-state index in [0.717, 1.165) is 5.56 Å². The van der Waals surface area contributed by atoms with Crippen LogP contribution < -0.4 is 5.56 Å². The average Bonchev–Trinajstić information content (AvgIpc) is 3.52. The molecule has 2 N–H and O–H groups in total. The monoisotopic (exact) mass is 734 g/mol. The van der Waals surface area contributed by atoms with Gasteiger partial charge >= 0.3 is 11.2 Å². The SMILES string of the molecule is CC(=O)c1cc(=O)n(Cc2cccc(C#N)c2)[nH]1.CC(=O)c1nn(Cc2cccc(C(=O)O)c2)c(Cl)c1C=O.O=P(Cl)(Cl)Cl.[2H]CF. The lowest BCUT2D eigenvalue weighted by atomic mass is 10.1. The molecular weight excluding hydrogens is 710 g/mol. The molecule has 0 aliphatic rings. The maximum Gasteiger partial charge on any atom is 0.339 e. The Labute approximate surface area is 282 Å². The van der Waals surface area contributed by atoms with Gasteiger partial charge in [0, 0.05) is 19.9 Å². The third-order valence-corrected chi connectivity index (χ3v) is 5.85. The molecule has 2 aromatic carbocycles. The number of aromatic nitrogens is 4. The second-order valence-electron chi connectivity index (χ2n) is 8.75. The van der Waals surface area contributed by atoms with Crippen LogP contribution in [0.25, 0.3) is 0 Å². The Morgan fingerprint density at radius 1 is 1.09 bits per heavy atom. The van der Waals surface area contributed by atoms with Crippen molar-refractivity contribution in [2.45, 2.75) is 26.9 Å². The summed E-state index contributed by atoms with van der Waals surface area (Å²) in [5.74, 6) is -1.59. The fourth-order valence-corrected chi connectivity index (χ4v) is 3.79. The van der Waals surface area contributed by atoms with E-state index in [0.29, 0.717) is 24.0 Å². The van der Waals surface area contributed by atoms with E-state index in [4.69, 9.17) is 23.3 Å². The molecule has 0 saturated heterocycles. The minimum Gasteiger partial charge on any atom is -0.478 e. The van der Waals surface area contributed by atoms with Gasteiger partial charge in [-0.25, -0.2) is 14.2 Å². The van der Waals surface area contributed by atoms with Gasteiger partial charge in [-0.3, -0.25) is 33.2 Å². The number of halogens is 5. The number of nitrogens with zero attached hydrogens (tertiary/aromatic N) is 4. The van der Waals surface area contributed by atoms with Gasteiger partial charge in [-0.2, -0.15) is 10.4 Å². The molecule has 244 valence electrons. The van der Waals surface area contributed by atoms with Gasteiger partial charge in [0.15, 0.2) is 17.9 Å². The van der Waals surface area contributed by atoms with Gasteiger partial charge < -0.3 is 5.11 Å². The van der Waals surface area contributed by atoms with Crippen LogP contribution in [0.3, 0.4) is 0 Å². The zero-order valence-corrected chi connectivity index (χ0v) is 27.8. The molecule has 0 aliphatic heterocycles. The third kappa shape index (κ3) is 13.1. The van der Waals surface area contributed by atoms with E-state index in [9.17, 15) is 32.9 Å². The van der Waals surface area contributed by atoms with Crippen molar-refractivity contribution in [3.05, 3.63) is 109 Å². The second-order valence-corrected chi connectivity index (χ2v) is 15.7. The molecule has 0 amide bonds. The van der Waals surface area contributed by atoms with Crippen molar-refractivity contribution in [3.8, 4) is 6.07 Å². The van der Waals surface area contributed by atoms with Gasteiger partial charge in [0.05, 0.1) is 44.4 Å². The van der Waals surface area contributed by atoms with Gasteiger partial charge in [-0.1, -0.05) is 35.9 Å². The van der Waals surface area contributed by atoms with Crippen LogP contribution in [-0.4, -0.2) is 55.6 Å². The second kappa shape index (κ2) is 18.8. The highest BCUT2D eigenvalue weighted by Crippen LogP contribution is 2.61. The zero-order chi connectivity index (χ0) is 35.9. The number of carbonyl (C=O) groups excluding carboxylic acids is 3. The number of carboxylic acids is 1. The summed E-state index contributed by atoms with van der Waals surface area (Å²) in [7, 11) is -1.00. The van der Waals surface area contributed by atoms with Crippen LogP contribution in [0, 0.1) is 11.3 Å². The Bertz CT molecular complexity index is 1880. The van der Waals surface area contributed by atoms with Crippen LogP contribution in [0.4, 0.5) is 4.39 Å². The third-order valence-electron chi connectivity index (χ3n) is 5.45. The number of aromatic carboxylic acids is 1. The number of carboxylic acid groups (broad SMARTS) is 1. The highest BCUT2D eigenvalue weighted by molar-refractivity contribution is 8.24. The number of hydrogen-bond donors (Lipinski definition) is 2. The standard InChI is InChI=1S/C14H11ClN2O4.C13H11N3O2.CH3F.Cl3OP/c1-8(19)12-11(7-18)13(15)17(16-12)6-9-3-2-4-10(5-9)14(20)21;1-9(17)12-6-13(18)16(15-12)8-11-4-2-3-10(5-11)7-14;1-2;1-5(2,3)4/h2-5,7H,6H2,1H3,(H,20,21);2-6,15H,8H2,1H3;1H3;/i;;1D;. The van der Waals surface area contributed by atoms with E-state index in [1.54, 1.807) is 30.3 Å². The fraction of sp³-hybridized carbons (Fsp3) is 0.179. The first-order valence-corrected chi connectivity index (χ1v) is 17.1. The molecule has 0 unspecified atom stereocenters. The minimum absolute atomic E-state index is 0.00406. The molecule has 18 heteroatoms. The number of aldehydes is 1. The van der Waals surface area contributed by atoms with Crippen molar-refractivity contribution in [1.29, 1.82) is 5.26 Å². The summed E-state index contributed by atoms with van der Waals surface area (Å²) in [6.07, 6.45) is 0.482. The minimum atomic E-state index is -3.22. The maximum absolute atomic E-state index is 11.6. The number of H-pyrrole nitrogens is 1. The Hall–Kier alpha value is -4.05. The van der Waals surface area contributed by atoms with Crippen LogP contribution in [0.1, 0.15) is 73.6 Å². The maximum atomic E-state index is 11.6. The number of alkyl halides is 1. The summed E-state index contributed by atoms with van der Waals surface area (Å²) in [4.78, 5) is 56.1. The average molecular weight is 736 g/mol. The molecule has 12 nitrogen and oxygen atoms in total. The van der Waals surface area contributed by atoms with Crippen molar-refractivity contribution >= 4 is 74.3 Å². The Morgan fingerprint density at radius 3 is 2.11 bits per heavy atom. The van der Waals surface area contributed by atoms with Gasteiger partial charge in [0.1, 0.15) is 16.5 Å². The number of aromatic amines is 1. The number of nitrogens with one attached hydrogen (secondary N) is 1. The zero-order valence-electron chi connectivity index (χ0n) is 24.9. The van der Waals surface area contributed by atoms with Gasteiger partial charge in [0.25, 0.3) is 5.56 Å². The number of benzene rings is 2. The van der Waals surface area contributed by atoms with E-state index in [1.807, 2.05) is 12.1 Å². The lowest BCUT2D eigenvalue weighted by molar-refractivity contribution is 0.0696. The van der Waals surface area contributed by atoms with Crippen LogP contribution in [0.2, 0.25) is 5.15 Å². The van der Waals surface area contributed by atoms with E-state index in [2.05, 4.69) is 43.9 Å². The normalized spacial score (nSPS) is 10.3. The first kappa shape index (κ1) is 38.1. The number of hydrogen-bond acceptors (Lipinski definition) is 8. The molecule has 4 aromatic rings. The van der Waals surface area contributed by atoms with Crippen LogP contribution in [0.5, 0.6) is 0 Å². The number of rotatable bonds is 8. The van der Waals surface area contributed by atoms with Crippen molar-refractivity contribution in [1.82, 2.24) is 19.6 Å². The quantitative estimate of drug-likeness (QED) is 0.109. The molecular formula is C28H25Cl4FN5O7P. The smallest absolute Gasteiger partial charge is 0.339 e. The highest BCUT2D eigenvalue weighted by Gasteiger charge is 2.19. The molecule has 0 radical (unpaired) electrons. The molecule has 0 fully saturated rings. The lowest BCUT2D eigenvalue weighted by Crippen LogP contribution is -2.16. The van der Waals surface area contributed by atoms with Crippen LogP contribution in [0.15, 0.2) is 59.4 Å². The van der Waals surface area contributed by atoms with Crippen molar-refractivity contribution in [2.24, 2.45) is 0 Å². The Kier molecular flexibility index (Phi) is 15.6. The van der Waals surface area contributed by atoms with Crippen molar-refractivity contribution < 1.29 is 34.6 Å². The Balaban J connectivity index is 0.000000386. The lowest BCUT2D eigenvalue weighted by Gasteiger charge is -2.04. The molecule has 4 rings (SSSR count). The Morgan fingerprint density at radius 2 is 1.65 bits per heavy atom. The number of Topliss-reactive ketones (excluding diaryl/α,β-unsaturated/α-hetero) is 2.